The van der Waals surface area contributed by atoms with Crippen molar-refractivity contribution in [3.8, 4) is 0 Å². The minimum atomic E-state index is -3.70. The lowest BCUT2D eigenvalue weighted by molar-refractivity contribution is 0.0697. The van der Waals surface area contributed by atoms with Crippen LogP contribution in [0, 0.1) is 5.92 Å². The molecule has 5 nitrogen and oxygen atoms in total. The monoisotopic (exact) mass is 291 g/mol. The van der Waals surface area contributed by atoms with Crippen molar-refractivity contribution in [2.75, 3.05) is 6.54 Å². The summed E-state index contributed by atoms with van der Waals surface area (Å²) < 4.78 is 26.1. The Morgan fingerprint density at radius 3 is 2.56 bits per heavy atom. The van der Waals surface area contributed by atoms with Crippen molar-refractivity contribution < 1.29 is 18.3 Å². The van der Waals surface area contributed by atoms with Crippen LogP contribution in [0.15, 0.2) is 23.1 Å². The largest absolute Gasteiger partial charge is 0.478 e. The second kappa shape index (κ2) is 5.69. The van der Waals surface area contributed by atoms with Crippen LogP contribution in [0.1, 0.15) is 24.2 Å². The van der Waals surface area contributed by atoms with E-state index in [1.54, 1.807) is 0 Å². The molecule has 18 heavy (non-hydrogen) atoms. The van der Waals surface area contributed by atoms with Crippen LogP contribution in [-0.4, -0.2) is 26.0 Å². The second-order valence-electron chi connectivity index (χ2n) is 4.19. The van der Waals surface area contributed by atoms with Gasteiger partial charge in [-0.25, -0.2) is 17.9 Å². The zero-order valence-electron chi connectivity index (χ0n) is 9.97. The summed E-state index contributed by atoms with van der Waals surface area (Å²) in [5, 5.41) is 8.88. The highest BCUT2D eigenvalue weighted by Crippen LogP contribution is 2.20. The first-order valence-electron chi connectivity index (χ1n) is 5.26. The van der Waals surface area contributed by atoms with Gasteiger partial charge in [-0.1, -0.05) is 25.4 Å². The highest BCUT2D eigenvalue weighted by atomic mass is 35.5. The molecule has 0 saturated carbocycles. The lowest BCUT2D eigenvalue weighted by atomic mass is 10.2. The van der Waals surface area contributed by atoms with E-state index in [1.807, 2.05) is 13.8 Å². The van der Waals surface area contributed by atoms with Gasteiger partial charge in [0.05, 0.1) is 15.5 Å². The Labute approximate surface area is 111 Å². The molecule has 0 aromatic heterocycles. The molecule has 0 aliphatic rings. The van der Waals surface area contributed by atoms with Crippen molar-refractivity contribution in [2.24, 2.45) is 5.92 Å². The van der Waals surface area contributed by atoms with E-state index in [4.69, 9.17) is 16.7 Å². The molecular formula is C11H14ClNO4S. The average molecular weight is 292 g/mol. The fraction of sp³-hybridized carbons (Fsp3) is 0.364. The van der Waals surface area contributed by atoms with Gasteiger partial charge in [-0.3, -0.25) is 0 Å². The van der Waals surface area contributed by atoms with Gasteiger partial charge in [0, 0.05) is 6.54 Å². The van der Waals surface area contributed by atoms with Gasteiger partial charge in [0.2, 0.25) is 10.0 Å². The molecule has 2 N–H and O–H groups in total. The Morgan fingerprint density at radius 1 is 1.44 bits per heavy atom. The molecule has 0 heterocycles. The van der Waals surface area contributed by atoms with Crippen LogP contribution in [0.5, 0.6) is 0 Å². The Morgan fingerprint density at radius 2 is 2.06 bits per heavy atom. The standard InChI is InChI=1S/C11H14ClNO4S/c1-7(2)6-13-18(16,17)8-3-4-10(12)9(5-8)11(14)15/h3-5,7,13H,6H2,1-2H3,(H,14,15). The predicted molar refractivity (Wildman–Crippen MR) is 68.4 cm³/mol. The molecule has 0 aliphatic heterocycles. The first-order valence-corrected chi connectivity index (χ1v) is 7.12. The van der Waals surface area contributed by atoms with Crippen molar-refractivity contribution in [3.05, 3.63) is 28.8 Å². The molecule has 0 aliphatic carbocycles. The molecular weight excluding hydrogens is 278 g/mol. The topological polar surface area (TPSA) is 83.5 Å². The molecule has 1 rings (SSSR count). The number of nitrogens with one attached hydrogen (secondary N) is 1. The average Bonchev–Trinajstić information content (AvgIpc) is 2.26. The lowest BCUT2D eigenvalue weighted by Gasteiger charge is -2.09. The lowest BCUT2D eigenvalue weighted by Crippen LogP contribution is -2.27. The Hall–Kier alpha value is -1.11. The van der Waals surface area contributed by atoms with Crippen LogP contribution >= 0.6 is 11.6 Å². The van der Waals surface area contributed by atoms with Crippen molar-refractivity contribution in [1.82, 2.24) is 4.72 Å². The van der Waals surface area contributed by atoms with Crippen LogP contribution in [0.2, 0.25) is 5.02 Å². The number of carboxylic acid groups (broad SMARTS) is 1. The number of hydrogen-bond acceptors (Lipinski definition) is 3. The van der Waals surface area contributed by atoms with Crippen molar-refractivity contribution in [1.29, 1.82) is 0 Å². The van der Waals surface area contributed by atoms with Gasteiger partial charge in [-0.05, 0) is 24.1 Å². The van der Waals surface area contributed by atoms with E-state index in [-0.39, 0.29) is 27.9 Å². The molecule has 0 radical (unpaired) electrons. The van der Waals surface area contributed by atoms with Gasteiger partial charge < -0.3 is 5.11 Å². The van der Waals surface area contributed by atoms with Gasteiger partial charge in [-0.2, -0.15) is 0 Å². The number of aromatic carboxylic acids is 1. The molecule has 0 atom stereocenters. The third kappa shape index (κ3) is 3.69. The van der Waals surface area contributed by atoms with Crippen LogP contribution < -0.4 is 4.72 Å². The predicted octanol–water partition coefficient (Wildman–Crippen LogP) is 1.97. The van der Waals surface area contributed by atoms with Gasteiger partial charge >= 0.3 is 5.97 Å². The van der Waals surface area contributed by atoms with Crippen molar-refractivity contribution in [3.63, 3.8) is 0 Å². The van der Waals surface area contributed by atoms with Crippen LogP contribution in [0.4, 0.5) is 0 Å². The SMILES string of the molecule is CC(C)CNS(=O)(=O)c1ccc(Cl)c(C(=O)O)c1. The number of carboxylic acids is 1. The fourth-order valence-corrected chi connectivity index (χ4v) is 2.63. The maximum atomic E-state index is 11.9. The summed E-state index contributed by atoms with van der Waals surface area (Å²) in [6, 6.07) is 3.58. The molecule has 7 heteroatoms. The molecule has 0 unspecified atom stereocenters. The highest BCUT2D eigenvalue weighted by Gasteiger charge is 2.18. The number of sulfonamides is 1. The molecule has 1 aromatic carbocycles. The van der Waals surface area contributed by atoms with E-state index in [1.165, 1.54) is 12.1 Å². The summed E-state index contributed by atoms with van der Waals surface area (Å²) in [4.78, 5) is 10.8. The zero-order valence-corrected chi connectivity index (χ0v) is 11.5. The van der Waals surface area contributed by atoms with Gasteiger partial charge in [0.25, 0.3) is 0 Å². The Bertz CT molecular complexity index is 554. The summed E-state index contributed by atoms with van der Waals surface area (Å²) in [5.74, 6) is -1.10. The number of hydrogen-bond donors (Lipinski definition) is 2. The maximum absolute atomic E-state index is 11.9. The number of halogens is 1. The van der Waals surface area contributed by atoms with E-state index in [2.05, 4.69) is 4.72 Å². The van der Waals surface area contributed by atoms with Crippen LogP contribution in [0.3, 0.4) is 0 Å². The van der Waals surface area contributed by atoms with Gasteiger partial charge in [0.15, 0.2) is 0 Å². The van der Waals surface area contributed by atoms with Crippen molar-refractivity contribution in [2.45, 2.75) is 18.7 Å². The minimum absolute atomic E-state index is 0.00492. The molecule has 0 amide bonds. The minimum Gasteiger partial charge on any atom is -0.478 e. The Balaban J connectivity index is 3.10. The van der Waals surface area contributed by atoms with E-state index in [0.29, 0.717) is 0 Å². The van der Waals surface area contributed by atoms with Crippen molar-refractivity contribution >= 4 is 27.6 Å². The molecule has 0 fully saturated rings. The van der Waals surface area contributed by atoms with Gasteiger partial charge in [0.1, 0.15) is 0 Å². The van der Waals surface area contributed by atoms with E-state index in [9.17, 15) is 13.2 Å². The number of rotatable bonds is 5. The molecule has 0 saturated heterocycles. The van der Waals surface area contributed by atoms with Crippen LogP contribution in [0.25, 0.3) is 0 Å². The highest BCUT2D eigenvalue weighted by molar-refractivity contribution is 7.89. The number of benzene rings is 1. The summed E-state index contributed by atoms with van der Waals surface area (Å²) >= 11 is 5.67. The molecule has 100 valence electrons. The number of carbonyl (C=O) groups is 1. The van der Waals surface area contributed by atoms with E-state index in [0.717, 1.165) is 6.07 Å². The summed E-state index contributed by atoms with van der Waals surface area (Å²) in [6.45, 7) is 4.02. The normalized spacial score (nSPS) is 11.8. The quantitative estimate of drug-likeness (QED) is 0.869. The third-order valence-corrected chi connectivity index (χ3v) is 3.91. The fourth-order valence-electron chi connectivity index (χ4n) is 1.20. The van der Waals surface area contributed by atoms with E-state index >= 15 is 0 Å². The summed E-state index contributed by atoms with van der Waals surface area (Å²) in [6.07, 6.45) is 0. The smallest absolute Gasteiger partial charge is 0.337 e. The van der Waals surface area contributed by atoms with E-state index < -0.39 is 16.0 Å². The first kappa shape index (κ1) is 14.9. The Kier molecular flexibility index (Phi) is 4.72. The second-order valence-corrected chi connectivity index (χ2v) is 6.37. The molecule has 0 bridgehead atoms. The van der Waals surface area contributed by atoms with Crippen LogP contribution in [-0.2, 0) is 10.0 Å². The molecule has 0 spiro atoms. The molecule has 1 aromatic rings. The first-order chi connectivity index (χ1) is 8.24. The summed E-state index contributed by atoms with van der Waals surface area (Å²) in [7, 11) is -3.70. The zero-order chi connectivity index (χ0) is 13.9. The van der Waals surface area contributed by atoms with Gasteiger partial charge in [-0.15, -0.1) is 0 Å². The third-order valence-electron chi connectivity index (χ3n) is 2.16. The summed E-state index contributed by atoms with van der Waals surface area (Å²) in [5.41, 5.74) is -0.232. The maximum Gasteiger partial charge on any atom is 0.337 e.